The van der Waals surface area contributed by atoms with Crippen LogP contribution in [0.1, 0.15) is 30.9 Å². The molecule has 0 heterocycles. The van der Waals surface area contributed by atoms with Crippen LogP contribution in [0, 0.1) is 18.8 Å². The van der Waals surface area contributed by atoms with Crippen molar-refractivity contribution in [1.29, 1.82) is 0 Å². The average Bonchev–Trinajstić information content (AvgIpc) is 3.34. The highest BCUT2D eigenvalue weighted by Gasteiger charge is 2.48. The van der Waals surface area contributed by atoms with Crippen LogP contribution in [0.5, 0.6) is 0 Å². The molecule has 1 aliphatic rings. The van der Waals surface area contributed by atoms with Gasteiger partial charge in [0.2, 0.25) is 11.8 Å². The van der Waals surface area contributed by atoms with E-state index in [4.69, 9.17) is 4.74 Å². The SMILES string of the molecule is CCc1cccc(C)c1NC(=O)C1CC1C(=O)NCCCOC. The van der Waals surface area contributed by atoms with Gasteiger partial charge in [0.15, 0.2) is 0 Å². The van der Waals surface area contributed by atoms with Gasteiger partial charge in [-0.1, -0.05) is 25.1 Å². The molecule has 1 fully saturated rings. The van der Waals surface area contributed by atoms with Crippen molar-refractivity contribution < 1.29 is 14.3 Å². The highest BCUT2D eigenvalue weighted by molar-refractivity contribution is 6.00. The Hall–Kier alpha value is -1.88. The van der Waals surface area contributed by atoms with E-state index >= 15 is 0 Å². The summed E-state index contributed by atoms with van der Waals surface area (Å²) in [6.07, 6.45) is 2.29. The van der Waals surface area contributed by atoms with Crippen molar-refractivity contribution >= 4 is 17.5 Å². The maximum absolute atomic E-state index is 12.4. The Balaban J connectivity index is 1.86. The molecule has 0 bridgehead atoms. The fourth-order valence-corrected chi connectivity index (χ4v) is 2.75. The van der Waals surface area contributed by atoms with Crippen LogP contribution in [0.15, 0.2) is 18.2 Å². The van der Waals surface area contributed by atoms with Gasteiger partial charge in [-0.15, -0.1) is 0 Å². The van der Waals surface area contributed by atoms with Crippen LogP contribution in [-0.2, 0) is 20.7 Å². The molecule has 126 valence electrons. The zero-order valence-corrected chi connectivity index (χ0v) is 14.1. The highest BCUT2D eigenvalue weighted by atomic mass is 16.5. The number of ether oxygens (including phenoxy) is 1. The second-order valence-corrected chi connectivity index (χ2v) is 6.04. The molecule has 2 atom stereocenters. The van der Waals surface area contributed by atoms with E-state index in [9.17, 15) is 9.59 Å². The Bertz CT molecular complexity index is 571. The number of hydrogen-bond donors (Lipinski definition) is 2. The standard InChI is InChI=1S/C18H26N2O3/c1-4-13-8-5-7-12(2)16(13)20-18(22)15-11-14(15)17(21)19-9-6-10-23-3/h5,7-8,14-15H,4,6,9-11H2,1-3H3,(H,19,21)(H,20,22). The Morgan fingerprint density at radius 3 is 2.70 bits per heavy atom. The first-order chi connectivity index (χ1) is 11.1. The van der Waals surface area contributed by atoms with E-state index in [1.165, 1.54) is 0 Å². The summed E-state index contributed by atoms with van der Waals surface area (Å²) in [5.74, 6) is -0.471. The van der Waals surface area contributed by atoms with Crippen LogP contribution in [0.4, 0.5) is 5.69 Å². The van der Waals surface area contributed by atoms with Crippen LogP contribution < -0.4 is 10.6 Å². The number of para-hydroxylation sites is 1. The second kappa shape index (κ2) is 8.11. The molecule has 5 nitrogen and oxygen atoms in total. The van der Waals surface area contributed by atoms with Gasteiger partial charge in [0.25, 0.3) is 0 Å². The van der Waals surface area contributed by atoms with Gasteiger partial charge in [0.1, 0.15) is 0 Å². The summed E-state index contributed by atoms with van der Waals surface area (Å²) >= 11 is 0. The van der Waals surface area contributed by atoms with E-state index < -0.39 is 0 Å². The number of carbonyl (C=O) groups excluding carboxylic acids is 2. The number of methoxy groups -OCH3 is 1. The minimum Gasteiger partial charge on any atom is -0.385 e. The molecule has 2 amide bonds. The Labute approximate surface area is 137 Å². The van der Waals surface area contributed by atoms with Crippen molar-refractivity contribution in [2.45, 2.75) is 33.1 Å². The lowest BCUT2D eigenvalue weighted by Gasteiger charge is -2.13. The second-order valence-electron chi connectivity index (χ2n) is 6.04. The molecule has 0 aromatic heterocycles. The van der Waals surface area contributed by atoms with Crippen LogP contribution in [0.3, 0.4) is 0 Å². The van der Waals surface area contributed by atoms with Gasteiger partial charge in [-0.05, 0) is 37.3 Å². The summed E-state index contributed by atoms with van der Waals surface area (Å²) in [4.78, 5) is 24.4. The molecular weight excluding hydrogens is 292 g/mol. The Kier molecular flexibility index (Phi) is 6.16. The van der Waals surface area contributed by atoms with Gasteiger partial charge in [0.05, 0.1) is 11.8 Å². The van der Waals surface area contributed by atoms with Crippen molar-refractivity contribution in [2.75, 3.05) is 25.6 Å². The maximum atomic E-state index is 12.4. The summed E-state index contributed by atoms with van der Waals surface area (Å²) in [5.41, 5.74) is 3.07. The number of nitrogens with one attached hydrogen (secondary N) is 2. The monoisotopic (exact) mass is 318 g/mol. The van der Waals surface area contributed by atoms with E-state index in [2.05, 4.69) is 17.6 Å². The van der Waals surface area contributed by atoms with Crippen LogP contribution >= 0.6 is 0 Å². The Morgan fingerprint density at radius 1 is 1.26 bits per heavy atom. The van der Waals surface area contributed by atoms with Crippen molar-refractivity contribution in [3.63, 3.8) is 0 Å². The van der Waals surface area contributed by atoms with Crippen molar-refractivity contribution in [3.8, 4) is 0 Å². The molecule has 2 N–H and O–H groups in total. The zero-order valence-electron chi connectivity index (χ0n) is 14.1. The molecule has 1 aliphatic carbocycles. The van der Waals surface area contributed by atoms with Crippen molar-refractivity contribution in [2.24, 2.45) is 11.8 Å². The van der Waals surface area contributed by atoms with E-state index in [-0.39, 0.29) is 23.7 Å². The summed E-state index contributed by atoms with van der Waals surface area (Å²) in [7, 11) is 1.64. The maximum Gasteiger partial charge on any atom is 0.228 e. The summed E-state index contributed by atoms with van der Waals surface area (Å²) in [6.45, 7) is 5.27. The van der Waals surface area contributed by atoms with Gasteiger partial charge in [-0.2, -0.15) is 0 Å². The minimum absolute atomic E-state index is 0.0262. The lowest BCUT2D eigenvalue weighted by molar-refractivity contribution is -0.125. The Morgan fingerprint density at radius 2 is 2.00 bits per heavy atom. The molecule has 2 rings (SSSR count). The molecule has 0 radical (unpaired) electrons. The lowest BCUT2D eigenvalue weighted by Crippen LogP contribution is -2.29. The van der Waals surface area contributed by atoms with Gasteiger partial charge in [0, 0.05) is 25.9 Å². The first kappa shape index (κ1) is 17.5. The number of anilines is 1. The van der Waals surface area contributed by atoms with Crippen molar-refractivity contribution in [3.05, 3.63) is 29.3 Å². The number of hydrogen-bond acceptors (Lipinski definition) is 3. The third-order valence-electron chi connectivity index (χ3n) is 4.28. The molecule has 1 aromatic carbocycles. The van der Waals surface area contributed by atoms with Crippen LogP contribution in [0.25, 0.3) is 0 Å². The molecule has 0 saturated heterocycles. The molecule has 1 saturated carbocycles. The van der Waals surface area contributed by atoms with Gasteiger partial charge in [-0.3, -0.25) is 9.59 Å². The fraction of sp³-hybridized carbons (Fsp3) is 0.556. The zero-order chi connectivity index (χ0) is 16.8. The normalized spacial score (nSPS) is 19.3. The quantitative estimate of drug-likeness (QED) is 0.723. The van der Waals surface area contributed by atoms with E-state index in [1.807, 2.05) is 25.1 Å². The summed E-state index contributed by atoms with van der Waals surface area (Å²) in [5, 5.41) is 5.88. The highest BCUT2D eigenvalue weighted by Crippen LogP contribution is 2.40. The summed E-state index contributed by atoms with van der Waals surface area (Å²) < 4.78 is 4.94. The topological polar surface area (TPSA) is 67.4 Å². The number of carbonyl (C=O) groups is 2. The van der Waals surface area contributed by atoms with E-state index in [0.29, 0.717) is 19.6 Å². The average molecular weight is 318 g/mol. The first-order valence-electron chi connectivity index (χ1n) is 8.24. The minimum atomic E-state index is -0.207. The molecular formula is C18H26N2O3. The molecule has 23 heavy (non-hydrogen) atoms. The predicted molar refractivity (Wildman–Crippen MR) is 90.3 cm³/mol. The first-order valence-corrected chi connectivity index (χ1v) is 8.24. The summed E-state index contributed by atoms with van der Waals surface area (Å²) in [6, 6.07) is 6.01. The fourth-order valence-electron chi connectivity index (χ4n) is 2.75. The van der Waals surface area contributed by atoms with Crippen molar-refractivity contribution in [1.82, 2.24) is 5.32 Å². The number of benzene rings is 1. The molecule has 5 heteroatoms. The van der Waals surface area contributed by atoms with Crippen LogP contribution in [0.2, 0.25) is 0 Å². The van der Waals surface area contributed by atoms with Crippen LogP contribution in [-0.4, -0.2) is 32.1 Å². The predicted octanol–water partition coefficient (Wildman–Crippen LogP) is 2.28. The van der Waals surface area contributed by atoms with Gasteiger partial charge < -0.3 is 15.4 Å². The third-order valence-corrected chi connectivity index (χ3v) is 4.28. The molecule has 1 aromatic rings. The third kappa shape index (κ3) is 4.55. The van der Waals surface area contributed by atoms with E-state index in [1.54, 1.807) is 7.11 Å². The number of aryl methyl sites for hydroxylation is 2. The lowest BCUT2D eigenvalue weighted by atomic mass is 10.1. The molecule has 0 aliphatic heterocycles. The number of rotatable bonds is 8. The largest absolute Gasteiger partial charge is 0.385 e. The van der Waals surface area contributed by atoms with Gasteiger partial charge in [-0.25, -0.2) is 0 Å². The van der Waals surface area contributed by atoms with Gasteiger partial charge >= 0.3 is 0 Å². The number of amides is 2. The molecule has 2 unspecified atom stereocenters. The van der Waals surface area contributed by atoms with E-state index in [0.717, 1.165) is 29.7 Å². The molecule has 0 spiro atoms. The smallest absolute Gasteiger partial charge is 0.228 e.